The number of hydrogen-bond donors (Lipinski definition) is 0. The van der Waals surface area contributed by atoms with Gasteiger partial charge in [-0.25, -0.2) is 4.98 Å². The van der Waals surface area contributed by atoms with E-state index in [1.807, 2.05) is 36.4 Å². The van der Waals surface area contributed by atoms with Crippen molar-refractivity contribution in [3.63, 3.8) is 0 Å². The Morgan fingerprint density at radius 1 is 0.532 bits per heavy atom. The first-order chi connectivity index (χ1) is 23.3. The molecule has 0 N–H and O–H groups in total. The molecule has 1 aliphatic rings. The number of para-hydroxylation sites is 1. The molecular formula is C43H32N4. The van der Waals surface area contributed by atoms with Crippen molar-refractivity contribution in [1.82, 2.24) is 19.5 Å². The van der Waals surface area contributed by atoms with Crippen molar-refractivity contribution in [3.8, 4) is 39.9 Å². The van der Waals surface area contributed by atoms with Gasteiger partial charge in [0, 0.05) is 21.9 Å². The fourth-order valence-corrected chi connectivity index (χ4v) is 7.31. The Balaban J connectivity index is 1.33. The van der Waals surface area contributed by atoms with Crippen molar-refractivity contribution in [3.05, 3.63) is 168 Å². The predicted octanol–water partition coefficient (Wildman–Crippen LogP) is 10.2. The van der Waals surface area contributed by atoms with Gasteiger partial charge < -0.3 is 0 Å². The second-order valence-corrected chi connectivity index (χ2v) is 12.4. The minimum atomic E-state index is 0.369. The van der Waals surface area contributed by atoms with E-state index >= 15 is 0 Å². The molecule has 0 spiro atoms. The first kappa shape index (κ1) is 27.4. The third-order valence-corrected chi connectivity index (χ3v) is 9.57. The minimum absolute atomic E-state index is 0.369. The van der Waals surface area contributed by atoms with Crippen LogP contribution in [0, 0.1) is 0 Å². The van der Waals surface area contributed by atoms with Gasteiger partial charge in [-0.05, 0) is 71.2 Å². The fourth-order valence-electron chi connectivity index (χ4n) is 7.31. The van der Waals surface area contributed by atoms with Gasteiger partial charge in [0.05, 0.1) is 11.0 Å². The van der Waals surface area contributed by atoms with E-state index in [9.17, 15) is 0 Å². The molecule has 224 valence electrons. The van der Waals surface area contributed by atoms with Crippen LogP contribution in [0.5, 0.6) is 0 Å². The molecule has 0 radical (unpaired) electrons. The van der Waals surface area contributed by atoms with Gasteiger partial charge in [-0.2, -0.15) is 9.97 Å². The molecule has 0 bridgehead atoms. The molecule has 0 saturated heterocycles. The van der Waals surface area contributed by atoms with Gasteiger partial charge >= 0.3 is 0 Å². The molecule has 47 heavy (non-hydrogen) atoms. The largest absolute Gasteiger partial charge is 0.278 e. The van der Waals surface area contributed by atoms with E-state index in [1.165, 1.54) is 38.6 Å². The van der Waals surface area contributed by atoms with E-state index in [4.69, 9.17) is 15.0 Å². The summed E-state index contributed by atoms with van der Waals surface area (Å²) in [5.41, 5.74) is 11.0. The van der Waals surface area contributed by atoms with Gasteiger partial charge in [-0.1, -0.05) is 133 Å². The Morgan fingerprint density at radius 3 is 1.87 bits per heavy atom. The molecular weight excluding hydrogens is 573 g/mol. The van der Waals surface area contributed by atoms with Crippen molar-refractivity contribution in [2.75, 3.05) is 0 Å². The number of rotatable bonds is 5. The number of aryl methyl sites for hydroxylation is 1. The number of hydrogen-bond acceptors (Lipinski definition) is 3. The Morgan fingerprint density at radius 2 is 1.15 bits per heavy atom. The number of aromatic nitrogens is 4. The first-order valence-corrected chi connectivity index (χ1v) is 16.4. The summed E-state index contributed by atoms with van der Waals surface area (Å²) >= 11 is 0. The van der Waals surface area contributed by atoms with Crippen molar-refractivity contribution in [1.29, 1.82) is 0 Å². The quantitative estimate of drug-likeness (QED) is 0.196. The van der Waals surface area contributed by atoms with Crippen molar-refractivity contribution in [2.45, 2.75) is 25.2 Å². The summed E-state index contributed by atoms with van der Waals surface area (Å²) in [6, 6.07) is 53.8. The van der Waals surface area contributed by atoms with Crippen molar-refractivity contribution >= 4 is 21.8 Å². The molecule has 0 saturated carbocycles. The molecule has 1 aliphatic carbocycles. The summed E-state index contributed by atoms with van der Waals surface area (Å²) < 4.78 is 2.25. The fraction of sp³-hybridized carbons (Fsp3) is 0.0930. The summed E-state index contributed by atoms with van der Waals surface area (Å²) in [6.45, 7) is 0. The normalized spacial score (nSPS) is 14.1. The molecule has 0 fully saturated rings. The second-order valence-electron chi connectivity index (χ2n) is 12.4. The molecule has 4 nitrogen and oxygen atoms in total. The minimum Gasteiger partial charge on any atom is -0.278 e. The topological polar surface area (TPSA) is 43.6 Å². The molecule has 9 rings (SSSR count). The second kappa shape index (κ2) is 11.5. The zero-order chi connectivity index (χ0) is 31.2. The molecule has 0 amide bonds. The maximum absolute atomic E-state index is 5.17. The Kier molecular flexibility index (Phi) is 6.71. The highest BCUT2D eigenvalue weighted by Gasteiger charge is 2.26. The summed E-state index contributed by atoms with van der Waals surface area (Å²) in [5, 5.41) is 2.40. The van der Waals surface area contributed by atoms with Gasteiger partial charge in [0.25, 0.3) is 0 Å². The predicted molar refractivity (Wildman–Crippen MR) is 192 cm³/mol. The lowest BCUT2D eigenvalue weighted by atomic mass is 9.85. The third kappa shape index (κ3) is 4.90. The zero-order valence-corrected chi connectivity index (χ0v) is 25.9. The van der Waals surface area contributed by atoms with Crippen LogP contribution < -0.4 is 0 Å². The highest BCUT2D eigenvalue weighted by atomic mass is 15.2. The Bertz CT molecular complexity index is 2320. The van der Waals surface area contributed by atoms with E-state index in [2.05, 4.69) is 120 Å². The van der Waals surface area contributed by atoms with Crippen LogP contribution in [0.3, 0.4) is 0 Å². The maximum Gasteiger partial charge on any atom is 0.238 e. The van der Waals surface area contributed by atoms with Crippen LogP contribution in [-0.4, -0.2) is 19.5 Å². The van der Waals surface area contributed by atoms with Crippen LogP contribution in [0.2, 0.25) is 0 Å². The molecule has 1 atom stereocenters. The lowest BCUT2D eigenvalue weighted by Crippen LogP contribution is -2.07. The van der Waals surface area contributed by atoms with E-state index in [0.717, 1.165) is 41.4 Å². The molecule has 6 aromatic carbocycles. The van der Waals surface area contributed by atoms with Crippen LogP contribution >= 0.6 is 0 Å². The molecule has 2 heterocycles. The summed E-state index contributed by atoms with van der Waals surface area (Å²) in [7, 11) is 0. The highest BCUT2D eigenvalue weighted by molar-refractivity contribution is 6.11. The van der Waals surface area contributed by atoms with Gasteiger partial charge in [0.1, 0.15) is 0 Å². The van der Waals surface area contributed by atoms with E-state index in [-0.39, 0.29) is 0 Å². The van der Waals surface area contributed by atoms with Crippen LogP contribution in [0.1, 0.15) is 29.0 Å². The Hall–Kier alpha value is -5.87. The molecule has 4 heteroatoms. The van der Waals surface area contributed by atoms with Crippen LogP contribution in [0.25, 0.3) is 61.7 Å². The smallest absolute Gasteiger partial charge is 0.238 e. The van der Waals surface area contributed by atoms with Gasteiger partial charge in [-0.15, -0.1) is 0 Å². The van der Waals surface area contributed by atoms with E-state index in [0.29, 0.717) is 23.5 Å². The summed E-state index contributed by atoms with van der Waals surface area (Å²) in [5.74, 6) is 2.31. The zero-order valence-electron chi connectivity index (χ0n) is 25.9. The van der Waals surface area contributed by atoms with Crippen LogP contribution in [-0.2, 0) is 12.8 Å². The van der Waals surface area contributed by atoms with Crippen molar-refractivity contribution in [2.24, 2.45) is 0 Å². The van der Waals surface area contributed by atoms with Gasteiger partial charge in [0.2, 0.25) is 5.95 Å². The average Bonchev–Trinajstić information content (AvgIpc) is 3.39. The molecule has 2 aromatic heterocycles. The monoisotopic (exact) mass is 604 g/mol. The lowest BCUT2D eigenvalue weighted by molar-refractivity contribution is 0.629. The van der Waals surface area contributed by atoms with E-state index in [1.54, 1.807) is 0 Å². The molecule has 8 aromatic rings. The summed E-state index contributed by atoms with van der Waals surface area (Å²) in [4.78, 5) is 15.3. The third-order valence-electron chi connectivity index (χ3n) is 9.57. The SMILES string of the molecule is c1ccc(CC2CCc3ccccc3-c3cc4c5ccccc5n(-c5nc(-c6ccccc6)nc(-c6ccccc6)n5)c4cc32)cc1. The first-order valence-electron chi connectivity index (χ1n) is 16.4. The molecule has 0 aliphatic heterocycles. The van der Waals surface area contributed by atoms with Crippen LogP contribution in [0.4, 0.5) is 0 Å². The van der Waals surface area contributed by atoms with Gasteiger partial charge in [-0.3, -0.25) is 4.57 Å². The number of nitrogens with zero attached hydrogens (tertiary/aromatic N) is 4. The molecule has 1 unspecified atom stereocenters. The van der Waals surface area contributed by atoms with E-state index < -0.39 is 0 Å². The average molecular weight is 605 g/mol. The van der Waals surface area contributed by atoms with Crippen LogP contribution in [0.15, 0.2) is 152 Å². The number of benzene rings is 6. The van der Waals surface area contributed by atoms with Gasteiger partial charge in [0.15, 0.2) is 11.6 Å². The Labute approximate surface area is 274 Å². The standard InChI is InChI=1S/C43H32N4/c1-4-14-29(15-5-1)26-33-25-24-30-16-10-11-21-34(30)37-27-38-35-22-12-13-23-39(35)47(40(38)28-36(33)37)43-45-41(31-17-6-2-7-18-31)44-42(46-43)32-19-8-3-9-20-32/h1-23,27-28,33H,24-26H2. The number of fused-ring (bicyclic) bond motifs is 6. The maximum atomic E-state index is 5.17. The lowest BCUT2D eigenvalue weighted by Gasteiger charge is -2.19. The highest BCUT2D eigenvalue weighted by Crippen LogP contribution is 2.44. The van der Waals surface area contributed by atoms with Crippen molar-refractivity contribution < 1.29 is 0 Å². The summed E-state index contributed by atoms with van der Waals surface area (Å²) in [6.07, 6.45) is 3.14.